The van der Waals surface area contributed by atoms with Crippen LogP contribution in [-0.4, -0.2) is 84.4 Å². The number of fused-ring (bicyclic) bond motifs is 27. The van der Waals surface area contributed by atoms with E-state index in [4.69, 9.17) is 4.18 Å². The Kier molecular flexibility index (Phi) is 8.53. The average molecular weight is 975 g/mol. The summed E-state index contributed by atoms with van der Waals surface area (Å²) in [5.41, 5.74) is 2.42. The smallest absolute Gasteiger partial charge is 0.339 e. The molecule has 1 N–H and O–H groups in total. The molecule has 12 fully saturated rings. The van der Waals surface area contributed by atoms with E-state index >= 15 is 26.0 Å². The summed E-state index contributed by atoms with van der Waals surface area (Å²) in [7, 11) is -11.0. The highest BCUT2D eigenvalue weighted by atomic mass is 32.2. The second kappa shape index (κ2) is 13.1. The molecular weight excluding hydrogens is 933 g/mol. The van der Waals surface area contributed by atoms with Crippen LogP contribution in [0.25, 0.3) is 0 Å². The maximum Gasteiger partial charge on any atom is 0.339 e. The van der Waals surface area contributed by atoms with Gasteiger partial charge in [0.05, 0.1) is 0 Å². The van der Waals surface area contributed by atoms with Crippen LogP contribution in [0.15, 0.2) is 21.9 Å². The van der Waals surface area contributed by atoms with Crippen LogP contribution >= 0.6 is 70.6 Å². The number of halogens is 4. The molecule has 2 aromatic rings. The molecule has 21 atom stereocenters. The van der Waals surface area contributed by atoms with Crippen LogP contribution in [0, 0.1) is 58.8 Å². The first-order valence-corrected chi connectivity index (χ1v) is 30.1. The zero-order valence-electron chi connectivity index (χ0n) is 31.9. The van der Waals surface area contributed by atoms with E-state index in [0.29, 0.717) is 88.0 Å². The summed E-state index contributed by atoms with van der Waals surface area (Å²) in [6.45, 7) is 0. The van der Waals surface area contributed by atoms with E-state index < -0.39 is 54.2 Å². The molecule has 12 aliphatic rings. The molecule has 0 spiro atoms. The molecule has 2 aromatic carbocycles. The summed E-state index contributed by atoms with van der Waals surface area (Å²) in [6, 6.07) is 4.24. The normalized spacial score (nSPS) is 49.2. The fraction of sp³-hybridized carbons (Fsp3) is 0.714. The van der Waals surface area contributed by atoms with Crippen molar-refractivity contribution < 1.29 is 43.1 Å². The molecular formula is C42H42F4O6S8. The lowest BCUT2D eigenvalue weighted by Gasteiger charge is -2.40. The SMILES string of the molecule is O=S(=O)(O)c1c(F)c(F)c(OS(=O)(=O)c2c(C3CC4SC3C3C5CCC(S5)C43)cc(C3CC4SC3C3C5CCC(S5)C43)cc2C2CC3SC2C2C4CCC(S4)C32)c(F)c1F. The molecule has 12 bridgehead atoms. The third-order valence-corrected chi connectivity index (χ3v) is 30.6. The molecule has 322 valence electrons. The van der Waals surface area contributed by atoms with Crippen molar-refractivity contribution in [2.45, 2.75) is 148 Å². The van der Waals surface area contributed by atoms with Crippen molar-refractivity contribution in [3.05, 3.63) is 52.1 Å². The zero-order chi connectivity index (χ0) is 40.6. The van der Waals surface area contributed by atoms with Crippen molar-refractivity contribution >= 4 is 90.8 Å². The maximum atomic E-state index is 15.8. The minimum absolute atomic E-state index is 0.107. The lowest BCUT2D eigenvalue weighted by molar-refractivity contribution is 0.225. The molecule has 18 heteroatoms. The minimum Gasteiger partial charge on any atom is -0.372 e. The number of benzene rings is 2. The quantitative estimate of drug-likeness (QED) is 0.124. The van der Waals surface area contributed by atoms with Gasteiger partial charge >= 0.3 is 20.2 Å². The maximum absolute atomic E-state index is 15.8. The van der Waals surface area contributed by atoms with Gasteiger partial charge in [-0.25, -0.2) is 8.78 Å². The number of thioether (sulfide) groups is 6. The molecule has 0 aliphatic carbocycles. The van der Waals surface area contributed by atoms with E-state index in [0.717, 1.165) is 48.8 Å². The largest absolute Gasteiger partial charge is 0.372 e. The molecule has 21 unspecified atom stereocenters. The monoisotopic (exact) mass is 974 g/mol. The van der Waals surface area contributed by atoms with Gasteiger partial charge in [0.1, 0.15) is 4.90 Å². The molecule has 0 aromatic heterocycles. The summed E-state index contributed by atoms with van der Waals surface area (Å²) in [4.78, 5) is -2.34. The summed E-state index contributed by atoms with van der Waals surface area (Å²) in [6.07, 6.45) is 9.91. The topological polar surface area (TPSA) is 97.7 Å². The van der Waals surface area contributed by atoms with Gasteiger partial charge in [-0.05, 0) is 128 Å². The number of hydrogen-bond acceptors (Lipinski definition) is 11. The van der Waals surface area contributed by atoms with Crippen LogP contribution in [0.2, 0.25) is 0 Å². The van der Waals surface area contributed by atoms with Crippen molar-refractivity contribution in [2.75, 3.05) is 0 Å². The fourth-order valence-corrected chi connectivity index (χ4v) is 31.5. The van der Waals surface area contributed by atoms with Crippen LogP contribution < -0.4 is 4.18 Å². The Hall–Kier alpha value is -0.0800. The minimum atomic E-state index is -5.76. The zero-order valence-corrected chi connectivity index (χ0v) is 38.4. The van der Waals surface area contributed by atoms with Crippen LogP contribution in [0.4, 0.5) is 17.6 Å². The predicted molar refractivity (Wildman–Crippen MR) is 232 cm³/mol. The van der Waals surface area contributed by atoms with Crippen molar-refractivity contribution in [3.8, 4) is 5.75 Å². The van der Waals surface area contributed by atoms with E-state index in [1.807, 2.05) is 23.5 Å². The highest BCUT2D eigenvalue weighted by Gasteiger charge is 2.68. The molecule has 60 heavy (non-hydrogen) atoms. The third kappa shape index (κ3) is 5.09. The molecule has 12 aliphatic heterocycles. The predicted octanol–water partition coefficient (Wildman–Crippen LogP) is 9.70. The first kappa shape index (κ1) is 39.1. The van der Waals surface area contributed by atoms with Crippen LogP contribution in [0.1, 0.15) is 92.2 Å². The van der Waals surface area contributed by atoms with Crippen molar-refractivity contribution in [3.63, 3.8) is 0 Å². The summed E-state index contributed by atoms with van der Waals surface area (Å²) in [5.74, 6) is -8.11. The second-order valence-corrected chi connectivity index (χ2v) is 31.3. The number of rotatable bonds is 7. The molecule has 6 nitrogen and oxygen atoms in total. The number of hydrogen-bond donors (Lipinski definition) is 1. The Balaban J connectivity index is 0.951. The van der Waals surface area contributed by atoms with E-state index in [2.05, 4.69) is 59.2 Å². The van der Waals surface area contributed by atoms with Gasteiger partial charge in [-0.2, -0.15) is 96.2 Å². The highest BCUT2D eigenvalue weighted by Crippen LogP contribution is 2.74. The Morgan fingerprint density at radius 1 is 0.483 bits per heavy atom. The summed E-state index contributed by atoms with van der Waals surface area (Å²) >= 11 is 12.5. The van der Waals surface area contributed by atoms with E-state index in [1.54, 1.807) is 0 Å². The van der Waals surface area contributed by atoms with Crippen molar-refractivity contribution in [1.82, 2.24) is 0 Å². The lowest BCUT2D eigenvalue weighted by atomic mass is 9.63. The van der Waals surface area contributed by atoms with Crippen molar-refractivity contribution in [1.29, 1.82) is 0 Å². The Morgan fingerprint density at radius 2 is 0.850 bits per heavy atom. The van der Waals surface area contributed by atoms with Gasteiger partial charge in [-0.3, -0.25) is 4.55 Å². The molecule has 0 saturated carbocycles. The van der Waals surface area contributed by atoms with Gasteiger partial charge in [-0.15, -0.1) is 0 Å². The second-order valence-electron chi connectivity index (χ2n) is 19.7. The average Bonchev–Trinajstić information content (AvgIpc) is 4.07. The molecule has 14 rings (SSSR count). The lowest BCUT2D eigenvalue weighted by Crippen LogP contribution is -2.41. The molecule has 12 saturated heterocycles. The van der Waals surface area contributed by atoms with Gasteiger partial charge in [0.15, 0.2) is 16.5 Å². The van der Waals surface area contributed by atoms with Crippen LogP contribution in [0.3, 0.4) is 0 Å². The van der Waals surface area contributed by atoms with Crippen LogP contribution in [-0.2, 0) is 20.2 Å². The Morgan fingerprint density at radius 3 is 1.25 bits per heavy atom. The molecule has 12 heterocycles. The summed E-state index contributed by atoms with van der Waals surface area (Å²) in [5, 5.41) is 5.77. The van der Waals surface area contributed by atoms with Gasteiger partial charge in [0.2, 0.25) is 17.4 Å². The van der Waals surface area contributed by atoms with Gasteiger partial charge in [0.25, 0.3) is 0 Å². The van der Waals surface area contributed by atoms with Crippen molar-refractivity contribution in [2.24, 2.45) is 35.5 Å². The first-order valence-electron chi connectivity index (χ1n) is 21.6. The third-order valence-electron chi connectivity index (χ3n) is 17.5. The van der Waals surface area contributed by atoms with Crippen LogP contribution in [0.5, 0.6) is 5.75 Å². The van der Waals surface area contributed by atoms with E-state index in [1.165, 1.54) is 25.7 Å². The van der Waals surface area contributed by atoms with E-state index in [9.17, 15) is 13.0 Å². The van der Waals surface area contributed by atoms with E-state index in [-0.39, 0.29) is 33.1 Å². The molecule has 0 amide bonds. The van der Waals surface area contributed by atoms with Gasteiger partial charge in [0, 0.05) is 63.0 Å². The summed E-state index contributed by atoms with van der Waals surface area (Å²) < 4.78 is 131. The Labute approximate surface area is 372 Å². The van der Waals surface area contributed by atoms with Gasteiger partial charge in [-0.1, -0.05) is 12.1 Å². The standard InChI is InChI=1S/C42H42F4O6S8/c43-33-35(45)42(59(47,48)49)36(46)34(44)37(33)52-60(50,51)41-16(14-10-25-28-19-2-5-22(54-19)31(28)39(14)57-25)7-12(13-9-24-27-18-1-4-21(53-18)30(27)38(13)56-24)8-17(41)15-11-26-29-20-3-6-23(55-20)32(29)40(15)58-26/h7-8,13-15,18-32,38-40H,1-6,9-11H2,(H,47,48,49). The Bertz CT molecular complexity index is 2410. The first-order chi connectivity index (χ1) is 28.7. The fourth-order valence-electron chi connectivity index (χ4n) is 15.8. The highest BCUT2D eigenvalue weighted by molar-refractivity contribution is 8.04. The molecule has 0 radical (unpaired) electrons. The van der Waals surface area contributed by atoms with Gasteiger partial charge < -0.3 is 4.18 Å².